The Balaban J connectivity index is 1.70. The summed E-state index contributed by atoms with van der Waals surface area (Å²) in [5.74, 6) is 1.03. The predicted molar refractivity (Wildman–Crippen MR) is 86.4 cm³/mol. The fourth-order valence-corrected chi connectivity index (χ4v) is 3.69. The molecule has 3 heteroatoms. The van der Waals surface area contributed by atoms with E-state index < -0.39 is 0 Å². The summed E-state index contributed by atoms with van der Waals surface area (Å²) in [6.45, 7) is 4.46. The van der Waals surface area contributed by atoms with Gasteiger partial charge in [-0.1, -0.05) is 25.1 Å². The molecular weight excluding hydrogens is 260 g/mol. The fraction of sp³-hybridized carbons (Fsp3) is 0.611. The van der Waals surface area contributed by atoms with E-state index in [1.807, 2.05) is 12.1 Å². The van der Waals surface area contributed by atoms with Gasteiger partial charge in [-0.25, -0.2) is 0 Å². The van der Waals surface area contributed by atoms with Gasteiger partial charge in [-0.3, -0.25) is 4.79 Å². The Labute approximate surface area is 127 Å². The molecule has 0 spiro atoms. The van der Waals surface area contributed by atoms with E-state index in [2.05, 4.69) is 36.6 Å². The zero-order valence-corrected chi connectivity index (χ0v) is 13.1. The number of anilines is 1. The van der Waals surface area contributed by atoms with E-state index >= 15 is 0 Å². The minimum Gasteiger partial charge on any atom is -0.382 e. The van der Waals surface area contributed by atoms with E-state index in [-0.39, 0.29) is 11.8 Å². The quantitative estimate of drug-likeness (QED) is 0.871. The standard InChI is InChI=1S/C18H26N2O/c1-12-7-9-14(10-8-12)20-18(21)16-11-13(2)19-17-6-4-3-5-15(16)17/h3-6,12-14,16,19H,7-11H2,1-2H3,(H,20,21). The molecule has 1 aliphatic heterocycles. The lowest BCUT2D eigenvalue weighted by molar-refractivity contribution is -0.123. The number of rotatable bonds is 2. The third-order valence-electron chi connectivity index (χ3n) is 5.01. The monoisotopic (exact) mass is 286 g/mol. The Morgan fingerprint density at radius 1 is 1.14 bits per heavy atom. The van der Waals surface area contributed by atoms with Gasteiger partial charge in [0.2, 0.25) is 5.91 Å². The third kappa shape index (κ3) is 3.22. The molecule has 21 heavy (non-hydrogen) atoms. The lowest BCUT2D eigenvalue weighted by atomic mass is 9.84. The van der Waals surface area contributed by atoms with Gasteiger partial charge >= 0.3 is 0 Å². The molecule has 2 aliphatic rings. The van der Waals surface area contributed by atoms with Gasteiger partial charge in [0.1, 0.15) is 0 Å². The van der Waals surface area contributed by atoms with E-state index in [1.54, 1.807) is 0 Å². The molecule has 3 rings (SSSR count). The van der Waals surface area contributed by atoms with Crippen LogP contribution in [0.4, 0.5) is 5.69 Å². The first-order valence-corrected chi connectivity index (χ1v) is 8.29. The summed E-state index contributed by atoms with van der Waals surface area (Å²) in [5, 5.41) is 6.78. The van der Waals surface area contributed by atoms with Gasteiger partial charge in [0.05, 0.1) is 5.92 Å². The van der Waals surface area contributed by atoms with Crippen molar-refractivity contribution in [2.45, 2.75) is 64.0 Å². The number of amides is 1. The minimum absolute atomic E-state index is 0.00296. The second kappa shape index (κ2) is 6.08. The van der Waals surface area contributed by atoms with E-state index in [9.17, 15) is 4.79 Å². The van der Waals surface area contributed by atoms with Gasteiger partial charge in [0.25, 0.3) is 0 Å². The molecule has 3 nitrogen and oxygen atoms in total. The highest BCUT2D eigenvalue weighted by molar-refractivity contribution is 5.86. The van der Waals surface area contributed by atoms with Gasteiger partial charge in [-0.2, -0.15) is 0 Å². The summed E-state index contributed by atoms with van der Waals surface area (Å²) < 4.78 is 0. The number of fused-ring (bicyclic) bond motifs is 1. The van der Waals surface area contributed by atoms with Gasteiger partial charge in [-0.05, 0) is 56.6 Å². The van der Waals surface area contributed by atoms with Crippen LogP contribution >= 0.6 is 0 Å². The predicted octanol–water partition coefficient (Wildman–Crippen LogP) is 3.67. The van der Waals surface area contributed by atoms with Gasteiger partial charge < -0.3 is 10.6 Å². The lowest BCUT2D eigenvalue weighted by Gasteiger charge is -2.33. The molecule has 1 saturated carbocycles. The molecule has 1 aromatic carbocycles. The van der Waals surface area contributed by atoms with Gasteiger partial charge in [0.15, 0.2) is 0 Å². The Bertz CT molecular complexity index is 506. The Hall–Kier alpha value is -1.51. The topological polar surface area (TPSA) is 41.1 Å². The summed E-state index contributed by atoms with van der Waals surface area (Å²) in [4.78, 5) is 12.7. The number of hydrogen-bond donors (Lipinski definition) is 2. The number of carbonyl (C=O) groups excluding carboxylic acids is 1. The van der Waals surface area contributed by atoms with E-state index in [0.29, 0.717) is 12.1 Å². The second-order valence-electron chi connectivity index (χ2n) is 6.89. The van der Waals surface area contributed by atoms with E-state index in [1.165, 1.54) is 12.8 Å². The van der Waals surface area contributed by atoms with Gasteiger partial charge in [-0.15, -0.1) is 0 Å². The molecule has 0 bridgehead atoms. The van der Waals surface area contributed by atoms with Crippen molar-refractivity contribution in [3.8, 4) is 0 Å². The zero-order chi connectivity index (χ0) is 14.8. The molecular formula is C18H26N2O. The molecule has 1 heterocycles. The van der Waals surface area contributed by atoms with Crippen LogP contribution in [0.2, 0.25) is 0 Å². The van der Waals surface area contributed by atoms with Crippen molar-refractivity contribution in [2.75, 3.05) is 5.32 Å². The summed E-state index contributed by atoms with van der Waals surface area (Å²) in [7, 11) is 0. The molecule has 0 saturated heterocycles. The maximum atomic E-state index is 12.7. The molecule has 2 atom stereocenters. The zero-order valence-electron chi connectivity index (χ0n) is 13.1. The largest absolute Gasteiger partial charge is 0.382 e. The number of benzene rings is 1. The average molecular weight is 286 g/mol. The van der Waals surface area contributed by atoms with Crippen molar-refractivity contribution in [1.29, 1.82) is 0 Å². The van der Waals surface area contributed by atoms with E-state index in [4.69, 9.17) is 0 Å². The van der Waals surface area contributed by atoms with Crippen LogP contribution in [0.25, 0.3) is 0 Å². The molecule has 0 aromatic heterocycles. The first kappa shape index (κ1) is 14.4. The van der Waals surface area contributed by atoms with Crippen LogP contribution in [0.15, 0.2) is 24.3 Å². The maximum Gasteiger partial charge on any atom is 0.227 e. The van der Waals surface area contributed by atoms with Crippen LogP contribution in [0.5, 0.6) is 0 Å². The summed E-state index contributed by atoms with van der Waals surface area (Å²) in [5.41, 5.74) is 2.27. The second-order valence-corrected chi connectivity index (χ2v) is 6.89. The molecule has 1 aliphatic carbocycles. The molecule has 0 radical (unpaired) electrons. The SMILES string of the molecule is CC1CCC(NC(=O)C2CC(C)Nc3ccccc32)CC1. The van der Waals surface area contributed by atoms with Crippen molar-refractivity contribution in [3.63, 3.8) is 0 Å². The molecule has 1 fully saturated rings. The van der Waals surface area contributed by atoms with Crippen LogP contribution in [0.3, 0.4) is 0 Å². The summed E-state index contributed by atoms with van der Waals surface area (Å²) >= 11 is 0. The fourth-order valence-electron chi connectivity index (χ4n) is 3.69. The maximum absolute atomic E-state index is 12.7. The highest BCUT2D eigenvalue weighted by Crippen LogP contribution is 2.34. The molecule has 1 aromatic rings. The number of hydrogen-bond acceptors (Lipinski definition) is 2. The summed E-state index contributed by atoms with van der Waals surface area (Å²) in [6.07, 6.45) is 5.63. The summed E-state index contributed by atoms with van der Waals surface area (Å²) in [6, 6.07) is 8.95. The Morgan fingerprint density at radius 2 is 1.86 bits per heavy atom. The Morgan fingerprint density at radius 3 is 2.62 bits per heavy atom. The van der Waals surface area contributed by atoms with Crippen molar-refractivity contribution in [1.82, 2.24) is 5.32 Å². The number of para-hydroxylation sites is 1. The molecule has 2 unspecified atom stereocenters. The van der Waals surface area contributed by atoms with Crippen LogP contribution in [0, 0.1) is 5.92 Å². The normalized spacial score (nSPS) is 31.9. The van der Waals surface area contributed by atoms with Crippen LogP contribution < -0.4 is 10.6 Å². The highest BCUT2D eigenvalue weighted by atomic mass is 16.1. The Kier molecular flexibility index (Phi) is 4.18. The van der Waals surface area contributed by atoms with Crippen LogP contribution in [-0.4, -0.2) is 18.0 Å². The average Bonchev–Trinajstić information content (AvgIpc) is 2.48. The number of nitrogens with one attached hydrogen (secondary N) is 2. The molecule has 2 N–H and O–H groups in total. The lowest BCUT2D eigenvalue weighted by Crippen LogP contribution is -2.42. The highest BCUT2D eigenvalue weighted by Gasteiger charge is 2.31. The smallest absolute Gasteiger partial charge is 0.227 e. The van der Waals surface area contributed by atoms with Crippen molar-refractivity contribution in [3.05, 3.63) is 29.8 Å². The van der Waals surface area contributed by atoms with Crippen LogP contribution in [0.1, 0.15) is 57.4 Å². The first-order valence-electron chi connectivity index (χ1n) is 8.29. The molecule has 114 valence electrons. The van der Waals surface area contributed by atoms with Crippen molar-refractivity contribution >= 4 is 11.6 Å². The first-order chi connectivity index (χ1) is 10.1. The number of carbonyl (C=O) groups is 1. The van der Waals surface area contributed by atoms with E-state index in [0.717, 1.165) is 36.4 Å². The van der Waals surface area contributed by atoms with Crippen molar-refractivity contribution in [2.24, 2.45) is 5.92 Å². The van der Waals surface area contributed by atoms with Gasteiger partial charge in [0, 0.05) is 17.8 Å². The van der Waals surface area contributed by atoms with Crippen LogP contribution in [-0.2, 0) is 4.79 Å². The minimum atomic E-state index is -0.00296. The third-order valence-corrected chi connectivity index (χ3v) is 5.01. The molecule has 1 amide bonds. The van der Waals surface area contributed by atoms with Crippen molar-refractivity contribution < 1.29 is 4.79 Å².